The van der Waals surface area contributed by atoms with E-state index in [4.69, 9.17) is 4.42 Å². The third kappa shape index (κ3) is 2.40. The van der Waals surface area contributed by atoms with Crippen LogP contribution in [0.15, 0.2) is 64.1 Å². The number of anilines is 1. The average molecular weight is 287 g/mol. The molecule has 1 N–H and O–H groups in total. The van der Waals surface area contributed by atoms with Crippen LogP contribution in [0.1, 0.15) is 5.56 Å². The predicted octanol–water partition coefficient (Wildman–Crippen LogP) is 3.54. The number of hydrogen-bond acceptors (Lipinski definition) is 3. The number of sulfonamides is 1. The first-order chi connectivity index (χ1) is 9.54. The van der Waals surface area contributed by atoms with E-state index in [9.17, 15) is 8.42 Å². The molecular formula is C15H13NO3S. The third-order valence-electron chi connectivity index (χ3n) is 3.04. The number of furan rings is 1. The second-order valence-electron chi connectivity index (χ2n) is 4.59. The highest BCUT2D eigenvalue weighted by Crippen LogP contribution is 2.22. The molecule has 0 saturated carbocycles. The van der Waals surface area contributed by atoms with Crippen LogP contribution in [-0.2, 0) is 10.0 Å². The lowest BCUT2D eigenvalue weighted by Crippen LogP contribution is -2.12. The molecule has 0 aliphatic carbocycles. The molecular weight excluding hydrogens is 274 g/mol. The van der Waals surface area contributed by atoms with Gasteiger partial charge in [-0.15, -0.1) is 0 Å². The molecule has 102 valence electrons. The van der Waals surface area contributed by atoms with Crippen LogP contribution >= 0.6 is 0 Å². The van der Waals surface area contributed by atoms with Gasteiger partial charge in [0.25, 0.3) is 10.0 Å². The van der Waals surface area contributed by atoms with Crippen LogP contribution in [0, 0.1) is 6.92 Å². The molecule has 0 atom stereocenters. The number of aryl methyl sites for hydroxylation is 1. The van der Waals surface area contributed by atoms with Crippen LogP contribution in [0.25, 0.3) is 11.0 Å². The zero-order valence-corrected chi connectivity index (χ0v) is 11.6. The van der Waals surface area contributed by atoms with Gasteiger partial charge in [0.1, 0.15) is 5.58 Å². The summed E-state index contributed by atoms with van der Waals surface area (Å²) in [7, 11) is -3.56. The molecule has 0 unspecified atom stereocenters. The van der Waals surface area contributed by atoms with Crippen LogP contribution in [0.3, 0.4) is 0 Å². The average Bonchev–Trinajstić information content (AvgIpc) is 2.86. The normalized spacial score (nSPS) is 11.7. The Hall–Kier alpha value is -2.27. The number of nitrogens with one attached hydrogen (secondary N) is 1. The molecule has 4 nitrogen and oxygen atoms in total. The predicted molar refractivity (Wildman–Crippen MR) is 78.2 cm³/mol. The standard InChI is InChI=1S/C15H13NO3S/c1-11-2-5-14(6-3-11)20(17,18)16-13-4-7-15-12(10-13)8-9-19-15/h2-10,16H,1H3. The van der Waals surface area contributed by atoms with Crippen molar-refractivity contribution in [3.8, 4) is 0 Å². The summed E-state index contributed by atoms with van der Waals surface area (Å²) in [5.74, 6) is 0. The number of fused-ring (bicyclic) bond motifs is 1. The molecule has 0 amide bonds. The van der Waals surface area contributed by atoms with Crippen molar-refractivity contribution in [1.29, 1.82) is 0 Å². The molecule has 0 aliphatic heterocycles. The summed E-state index contributed by atoms with van der Waals surface area (Å²) in [4.78, 5) is 0.246. The van der Waals surface area contributed by atoms with Crippen molar-refractivity contribution in [2.24, 2.45) is 0 Å². The van der Waals surface area contributed by atoms with Crippen molar-refractivity contribution < 1.29 is 12.8 Å². The molecule has 0 spiro atoms. The smallest absolute Gasteiger partial charge is 0.261 e. The molecule has 1 aromatic heterocycles. The number of rotatable bonds is 3. The lowest BCUT2D eigenvalue weighted by atomic mass is 10.2. The minimum atomic E-state index is -3.56. The summed E-state index contributed by atoms with van der Waals surface area (Å²) in [6.45, 7) is 1.91. The zero-order chi connectivity index (χ0) is 14.2. The largest absolute Gasteiger partial charge is 0.464 e. The summed E-state index contributed by atoms with van der Waals surface area (Å²) in [5.41, 5.74) is 2.26. The molecule has 0 fully saturated rings. The summed E-state index contributed by atoms with van der Waals surface area (Å²) in [5, 5.41) is 0.856. The van der Waals surface area contributed by atoms with Crippen LogP contribution in [0.4, 0.5) is 5.69 Å². The summed E-state index contributed by atoms with van der Waals surface area (Å²) < 4.78 is 32.3. The third-order valence-corrected chi connectivity index (χ3v) is 4.43. The van der Waals surface area contributed by atoms with Gasteiger partial charge in [0.15, 0.2) is 0 Å². The Morgan fingerprint density at radius 3 is 2.50 bits per heavy atom. The Morgan fingerprint density at radius 1 is 1.00 bits per heavy atom. The fourth-order valence-electron chi connectivity index (χ4n) is 1.96. The maximum atomic E-state index is 12.3. The molecule has 5 heteroatoms. The minimum Gasteiger partial charge on any atom is -0.464 e. The second kappa shape index (κ2) is 4.68. The first kappa shape index (κ1) is 12.7. The molecule has 2 aromatic carbocycles. The molecule has 0 radical (unpaired) electrons. The topological polar surface area (TPSA) is 59.3 Å². The Kier molecular flexibility index (Phi) is 2.99. The molecule has 1 heterocycles. The van der Waals surface area contributed by atoms with Gasteiger partial charge in [-0.3, -0.25) is 4.72 Å². The van der Waals surface area contributed by atoms with Gasteiger partial charge in [-0.25, -0.2) is 8.42 Å². The number of hydrogen-bond donors (Lipinski definition) is 1. The SMILES string of the molecule is Cc1ccc(S(=O)(=O)Nc2ccc3occc3c2)cc1. The fourth-order valence-corrected chi connectivity index (χ4v) is 3.01. The molecule has 0 bridgehead atoms. The van der Waals surface area contributed by atoms with Crippen molar-refractivity contribution in [3.63, 3.8) is 0 Å². The Bertz CT molecular complexity index is 848. The van der Waals surface area contributed by atoms with Crippen LogP contribution < -0.4 is 4.72 Å². The van der Waals surface area contributed by atoms with E-state index < -0.39 is 10.0 Å². The fraction of sp³-hybridized carbons (Fsp3) is 0.0667. The Labute approximate surface area is 117 Å². The van der Waals surface area contributed by atoms with E-state index >= 15 is 0 Å². The van der Waals surface area contributed by atoms with Gasteiger partial charge in [-0.05, 0) is 43.3 Å². The highest BCUT2D eigenvalue weighted by atomic mass is 32.2. The van der Waals surface area contributed by atoms with Crippen molar-refractivity contribution >= 4 is 26.7 Å². The van der Waals surface area contributed by atoms with Crippen molar-refractivity contribution in [3.05, 3.63) is 60.4 Å². The van der Waals surface area contributed by atoms with Gasteiger partial charge in [-0.1, -0.05) is 17.7 Å². The Morgan fingerprint density at radius 2 is 1.75 bits per heavy atom. The van der Waals surface area contributed by atoms with Gasteiger partial charge < -0.3 is 4.42 Å². The summed E-state index contributed by atoms with van der Waals surface area (Å²) >= 11 is 0. The van der Waals surface area contributed by atoms with E-state index in [0.717, 1.165) is 16.5 Å². The van der Waals surface area contributed by atoms with E-state index in [1.54, 1.807) is 54.8 Å². The number of benzene rings is 2. The lowest BCUT2D eigenvalue weighted by Gasteiger charge is -2.08. The van der Waals surface area contributed by atoms with Crippen LogP contribution in [0.2, 0.25) is 0 Å². The minimum absolute atomic E-state index is 0.246. The van der Waals surface area contributed by atoms with E-state index in [-0.39, 0.29) is 4.90 Å². The van der Waals surface area contributed by atoms with Gasteiger partial charge in [-0.2, -0.15) is 0 Å². The molecule has 3 aromatic rings. The van der Waals surface area contributed by atoms with E-state index in [0.29, 0.717) is 5.69 Å². The molecule has 0 saturated heterocycles. The zero-order valence-electron chi connectivity index (χ0n) is 10.8. The van der Waals surface area contributed by atoms with Crippen molar-refractivity contribution in [2.45, 2.75) is 11.8 Å². The molecule has 3 rings (SSSR count). The quantitative estimate of drug-likeness (QED) is 0.801. The second-order valence-corrected chi connectivity index (χ2v) is 6.27. The van der Waals surface area contributed by atoms with Gasteiger partial charge in [0.05, 0.1) is 11.2 Å². The lowest BCUT2D eigenvalue weighted by molar-refractivity contribution is 0.601. The first-order valence-electron chi connectivity index (χ1n) is 6.11. The molecule has 20 heavy (non-hydrogen) atoms. The highest BCUT2D eigenvalue weighted by molar-refractivity contribution is 7.92. The van der Waals surface area contributed by atoms with E-state index in [1.807, 2.05) is 6.92 Å². The Balaban J connectivity index is 1.94. The van der Waals surface area contributed by atoms with Crippen molar-refractivity contribution in [1.82, 2.24) is 0 Å². The van der Waals surface area contributed by atoms with Crippen LogP contribution in [-0.4, -0.2) is 8.42 Å². The van der Waals surface area contributed by atoms with Crippen molar-refractivity contribution in [2.75, 3.05) is 4.72 Å². The van der Waals surface area contributed by atoms with Gasteiger partial charge in [0.2, 0.25) is 0 Å². The molecule has 0 aliphatic rings. The van der Waals surface area contributed by atoms with E-state index in [1.165, 1.54) is 0 Å². The summed E-state index contributed by atoms with van der Waals surface area (Å²) in [6.07, 6.45) is 1.57. The van der Waals surface area contributed by atoms with Crippen LogP contribution in [0.5, 0.6) is 0 Å². The monoisotopic (exact) mass is 287 g/mol. The summed E-state index contributed by atoms with van der Waals surface area (Å²) in [6, 6.07) is 13.7. The highest BCUT2D eigenvalue weighted by Gasteiger charge is 2.14. The van der Waals surface area contributed by atoms with Gasteiger partial charge in [0, 0.05) is 11.1 Å². The van der Waals surface area contributed by atoms with E-state index in [2.05, 4.69) is 4.72 Å². The maximum absolute atomic E-state index is 12.3. The first-order valence-corrected chi connectivity index (χ1v) is 7.60. The van der Waals surface area contributed by atoms with Gasteiger partial charge >= 0.3 is 0 Å². The maximum Gasteiger partial charge on any atom is 0.261 e.